The molecule has 1 N–H and O–H groups in total. The van der Waals surface area contributed by atoms with Gasteiger partial charge in [-0.05, 0) is 149 Å². The Labute approximate surface area is 490 Å². The molecule has 1 aromatic heterocycles. The van der Waals surface area contributed by atoms with E-state index in [4.69, 9.17) is 14.5 Å². The van der Waals surface area contributed by atoms with Crippen LogP contribution >= 0.6 is 11.3 Å². The number of amides is 4. The first-order chi connectivity index (χ1) is 40.1. The lowest BCUT2D eigenvalue weighted by Crippen LogP contribution is -2.50. The number of halogens is 7. The fourth-order valence-electron chi connectivity index (χ4n) is 12.3. The van der Waals surface area contributed by atoms with Gasteiger partial charge in [-0.2, -0.15) is 26.3 Å². The monoisotopic (exact) mass is 1190 g/mol. The van der Waals surface area contributed by atoms with E-state index in [0.717, 1.165) is 77.8 Å². The molecule has 0 radical (unpaired) electrons. The van der Waals surface area contributed by atoms with Crippen LogP contribution in [0.25, 0.3) is 10.2 Å². The molecule has 1 spiro atoms. The summed E-state index contributed by atoms with van der Waals surface area (Å²) < 4.78 is 110. The van der Waals surface area contributed by atoms with Crippen molar-refractivity contribution in [2.24, 2.45) is 0 Å². The molecule has 4 heterocycles. The summed E-state index contributed by atoms with van der Waals surface area (Å²) in [5, 5.41) is 4.19. The van der Waals surface area contributed by atoms with Crippen LogP contribution in [0, 0.1) is 5.82 Å². The average Bonchev–Trinajstić information content (AvgIpc) is 2.54. The van der Waals surface area contributed by atoms with Crippen molar-refractivity contribution in [1.82, 2.24) is 34.4 Å². The number of unbranched alkanes of at least 4 members (excludes halogenated alkanes) is 2. The molecule has 1 aliphatic carbocycles. The third-order valence-corrected chi connectivity index (χ3v) is 18.3. The second kappa shape index (κ2) is 27.0. The maximum absolute atomic E-state index is 14.2. The van der Waals surface area contributed by atoms with Crippen molar-refractivity contribution in [2.75, 3.05) is 112 Å². The molecule has 84 heavy (non-hydrogen) atoms. The summed E-state index contributed by atoms with van der Waals surface area (Å²) in [5.74, 6) is -1.72. The number of carbonyl (C=O) groups excluding carboxylic acids is 4. The van der Waals surface area contributed by atoms with Gasteiger partial charge in [-0.3, -0.25) is 19.2 Å². The van der Waals surface area contributed by atoms with Crippen LogP contribution < -0.4 is 5.32 Å². The molecule has 4 aromatic carbocycles. The van der Waals surface area contributed by atoms with Gasteiger partial charge in [0.1, 0.15) is 24.8 Å². The molecule has 0 bridgehead atoms. The van der Waals surface area contributed by atoms with Crippen molar-refractivity contribution >= 4 is 50.3 Å². The van der Waals surface area contributed by atoms with Crippen molar-refractivity contribution < 1.29 is 59.4 Å². The number of fused-ring (bicyclic) bond motifs is 3. The number of rotatable bonds is 23. The molecule has 0 unspecified atom stereocenters. The van der Waals surface area contributed by atoms with Gasteiger partial charge in [-0.15, -0.1) is 0 Å². The Balaban J connectivity index is 0.724. The summed E-state index contributed by atoms with van der Waals surface area (Å²) in [4.78, 5) is 69.2. The van der Waals surface area contributed by atoms with Crippen LogP contribution in [-0.4, -0.2) is 171 Å². The summed E-state index contributed by atoms with van der Waals surface area (Å²) in [6, 6.07) is 19.9. The Kier molecular flexibility index (Phi) is 20.0. The third-order valence-electron chi connectivity index (χ3n) is 17.4. The summed E-state index contributed by atoms with van der Waals surface area (Å²) in [7, 11) is 5.37. The molecular formula is C62H75F7N8O6S. The standard InChI is InChI=1S/C62H75F7N8O6S/c1-72(26-12-27-74(3)56(80)44-16-21-51-52(37-44)84-58(71-51)70-25-9-4-6-15-54(78)73(2)33-34-75-28-10-5-11-29-75)55(79)40-82-53-38-43-13-7-8-14-50(43)59(53)22-30-76(31-23-59)32-24-60(46-17-19-49(63)20-18-46)41-77(42-83-60)57(81)45-35-47(61(64,65)66)39-48(36-45)62(67,68)69/h7-8,13-14,16-21,35-37,39,53H,4-6,9-12,15,22-34,38,40-42H2,1-3H3,(H,70,71)/t53-,60+/m0/s1. The predicted molar refractivity (Wildman–Crippen MR) is 307 cm³/mol. The highest BCUT2D eigenvalue weighted by Gasteiger charge is 2.50. The lowest BCUT2D eigenvalue weighted by Gasteiger charge is -2.44. The zero-order valence-electron chi connectivity index (χ0n) is 48.0. The minimum atomic E-state index is -5.14. The van der Waals surface area contributed by atoms with Crippen molar-refractivity contribution in [3.05, 3.63) is 130 Å². The first kappa shape index (κ1) is 62.3. The van der Waals surface area contributed by atoms with E-state index in [-0.39, 0.29) is 49.5 Å². The van der Waals surface area contributed by atoms with Gasteiger partial charge in [0.05, 0.1) is 34.0 Å². The van der Waals surface area contributed by atoms with Crippen LogP contribution in [0.5, 0.6) is 0 Å². The highest BCUT2D eigenvalue weighted by atomic mass is 32.1. The average molecular weight is 1190 g/mol. The van der Waals surface area contributed by atoms with Gasteiger partial charge in [0.2, 0.25) is 11.8 Å². The molecule has 0 saturated carbocycles. The van der Waals surface area contributed by atoms with Gasteiger partial charge >= 0.3 is 12.4 Å². The molecule has 3 saturated heterocycles. The molecule has 9 rings (SSSR count). The van der Waals surface area contributed by atoms with E-state index in [2.05, 4.69) is 27.2 Å². The van der Waals surface area contributed by atoms with Crippen LogP contribution in [0.2, 0.25) is 0 Å². The van der Waals surface area contributed by atoms with Crippen molar-refractivity contribution in [3.63, 3.8) is 0 Å². The lowest BCUT2D eigenvalue weighted by molar-refractivity contribution is -0.143. The van der Waals surface area contributed by atoms with Crippen molar-refractivity contribution in [1.29, 1.82) is 0 Å². The predicted octanol–water partition coefficient (Wildman–Crippen LogP) is 10.7. The van der Waals surface area contributed by atoms with Gasteiger partial charge in [-0.1, -0.05) is 60.6 Å². The van der Waals surface area contributed by atoms with E-state index < -0.39 is 58.5 Å². The summed E-state index contributed by atoms with van der Waals surface area (Å²) >= 11 is 1.50. The largest absolute Gasteiger partial charge is 0.416 e. The summed E-state index contributed by atoms with van der Waals surface area (Å²) in [6.45, 7) is 6.42. The molecule has 454 valence electrons. The number of alkyl halides is 6. The fourth-order valence-corrected chi connectivity index (χ4v) is 13.2. The highest BCUT2D eigenvalue weighted by Crippen LogP contribution is 2.48. The minimum Gasteiger partial charge on any atom is -0.367 e. The zero-order chi connectivity index (χ0) is 59.8. The molecule has 5 aromatic rings. The van der Waals surface area contributed by atoms with Crippen LogP contribution in [0.4, 0.5) is 35.9 Å². The number of ether oxygens (including phenoxy) is 2. The molecule has 14 nitrogen and oxygen atoms in total. The number of nitrogens with zero attached hydrogens (tertiary/aromatic N) is 7. The second-order valence-corrected chi connectivity index (χ2v) is 24.1. The second-order valence-electron chi connectivity index (χ2n) is 23.0. The van der Waals surface area contributed by atoms with E-state index in [0.29, 0.717) is 88.1 Å². The maximum Gasteiger partial charge on any atom is 0.416 e. The number of piperidine rings is 2. The first-order valence-electron chi connectivity index (χ1n) is 29.1. The number of hydrogen-bond donors (Lipinski definition) is 1. The molecule has 22 heteroatoms. The number of likely N-dealkylation sites (N-methyl/N-ethyl adjacent to an activating group) is 2. The van der Waals surface area contributed by atoms with Crippen LogP contribution in [0.1, 0.15) is 119 Å². The number of nitrogens with one attached hydrogen (secondary N) is 1. The van der Waals surface area contributed by atoms with Crippen LogP contribution in [-0.2, 0) is 48.9 Å². The minimum absolute atomic E-state index is 0.0259. The van der Waals surface area contributed by atoms with E-state index >= 15 is 0 Å². The van der Waals surface area contributed by atoms with E-state index in [1.165, 1.54) is 60.4 Å². The molecular weight excluding hydrogens is 1120 g/mol. The zero-order valence-corrected chi connectivity index (χ0v) is 48.8. The summed E-state index contributed by atoms with van der Waals surface area (Å²) in [6.07, 6.45) is -0.760. The quantitative estimate of drug-likeness (QED) is 0.0498. The first-order valence-corrected chi connectivity index (χ1v) is 29.9. The van der Waals surface area contributed by atoms with Crippen molar-refractivity contribution in [2.45, 2.75) is 107 Å². The van der Waals surface area contributed by atoms with Gasteiger partial charge in [0, 0.05) is 83.4 Å². The smallest absolute Gasteiger partial charge is 0.367 e. The Bertz CT molecular complexity index is 3060. The number of anilines is 1. The number of aromatic nitrogens is 1. The Morgan fingerprint density at radius 3 is 2.13 bits per heavy atom. The Hall–Kier alpha value is -6.20. The SMILES string of the molecule is CN(CCN1CCCCC1)C(=O)CCCCCNc1nc2ccc(C(=O)N(C)CCCN(C)C(=O)CO[C@H]3Cc4ccccc4C34CCN(CC[C@]3(c5ccc(F)cc5)CN(C(=O)c5cc(C(F)(F)F)cc(C(F)(F)F)c5)CO3)CC4)cc2s1. The topological polar surface area (TPSA) is 131 Å². The lowest BCUT2D eigenvalue weighted by atomic mass is 9.72. The fraction of sp³-hybridized carbons (Fsp3) is 0.532. The maximum atomic E-state index is 14.2. The number of carbonyl (C=O) groups is 4. The van der Waals surface area contributed by atoms with Gasteiger partial charge in [-0.25, -0.2) is 9.37 Å². The molecule has 3 aliphatic heterocycles. The van der Waals surface area contributed by atoms with E-state index in [1.807, 2.05) is 36.2 Å². The van der Waals surface area contributed by atoms with Gasteiger partial charge in [0.15, 0.2) is 5.13 Å². The van der Waals surface area contributed by atoms with E-state index in [1.54, 1.807) is 30.0 Å². The summed E-state index contributed by atoms with van der Waals surface area (Å²) in [5.41, 5.74) is -1.48. The van der Waals surface area contributed by atoms with E-state index in [9.17, 15) is 49.9 Å². The van der Waals surface area contributed by atoms with Crippen molar-refractivity contribution in [3.8, 4) is 0 Å². The Morgan fingerprint density at radius 2 is 1.42 bits per heavy atom. The Morgan fingerprint density at radius 1 is 0.738 bits per heavy atom. The molecule has 4 amide bonds. The molecule has 3 fully saturated rings. The van der Waals surface area contributed by atoms with Gasteiger partial charge in [0.25, 0.3) is 11.8 Å². The van der Waals surface area contributed by atoms with Crippen LogP contribution in [0.3, 0.4) is 0 Å². The number of hydrogen-bond acceptors (Lipinski definition) is 11. The number of benzene rings is 4. The number of likely N-dealkylation sites (tertiary alicyclic amines) is 2. The van der Waals surface area contributed by atoms with Crippen LogP contribution in [0.15, 0.2) is 84.9 Å². The number of thiazole rings is 1. The van der Waals surface area contributed by atoms with Gasteiger partial charge < -0.3 is 44.2 Å². The highest BCUT2D eigenvalue weighted by molar-refractivity contribution is 7.22. The molecule has 2 atom stereocenters. The third kappa shape index (κ3) is 15.1. The normalized spacial score (nSPS) is 19.2. The molecule has 4 aliphatic rings.